The molecule has 4 aliphatic rings. The first-order valence-corrected chi connectivity index (χ1v) is 16.7. The molecule has 1 amide bonds. The van der Waals surface area contributed by atoms with Gasteiger partial charge >= 0.3 is 0 Å². The van der Waals surface area contributed by atoms with E-state index < -0.39 is 0 Å². The van der Waals surface area contributed by atoms with Gasteiger partial charge in [-0.05, 0) is 79.6 Å². The van der Waals surface area contributed by atoms with Crippen molar-refractivity contribution in [2.75, 3.05) is 46.2 Å². The predicted molar refractivity (Wildman–Crippen MR) is 177 cm³/mol. The summed E-state index contributed by atoms with van der Waals surface area (Å²) in [5.41, 5.74) is 8.86. The molecule has 8 nitrogen and oxygen atoms in total. The normalized spacial score (nSPS) is 19.1. The van der Waals surface area contributed by atoms with Crippen LogP contribution in [0.3, 0.4) is 0 Å². The number of amides is 1. The van der Waals surface area contributed by atoms with Gasteiger partial charge in [0.2, 0.25) is 6.79 Å². The molecule has 4 aliphatic heterocycles. The number of benzene rings is 3. The lowest BCUT2D eigenvalue weighted by atomic mass is 9.92. The van der Waals surface area contributed by atoms with Crippen molar-refractivity contribution < 1.29 is 23.7 Å². The SMILES string of the molecule is CCOc1ccc(-c2cc(-c3cc4c(cc3C(=O)N3Cc5ccccc5C[C@H]3CN3CCOCC3)OCO4)n3c2CCCC3)cc1. The summed E-state index contributed by atoms with van der Waals surface area (Å²) in [6, 6.07) is 23.2. The fourth-order valence-corrected chi connectivity index (χ4v) is 7.60. The number of carbonyl (C=O) groups is 1. The second-order valence-electron chi connectivity index (χ2n) is 12.7. The van der Waals surface area contributed by atoms with E-state index in [1.165, 1.54) is 22.4 Å². The van der Waals surface area contributed by atoms with Crippen molar-refractivity contribution in [1.29, 1.82) is 0 Å². The second kappa shape index (κ2) is 12.5. The molecule has 46 heavy (non-hydrogen) atoms. The van der Waals surface area contributed by atoms with Crippen LogP contribution in [0, 0.1) is 0 Å². The molecule has 3 aromatic carbocycles. The number of carbonyl (C=O) groups excluding carboxylic acids is 1. The van der Waals surface area contributed by atoms with Crippen molar-refractivity contribution in [2.24, 2.45) is 0 Å². The van der Waals surface area contributed by atoms with Gasteiger partial charge in [-0.15, -0.1) is 0 Å². The lowest BCUT2D eigenvalue weighted by Crippen LogP contribution is -2.52. The van der Waals surface area contributed by atoms with Crippen molar-refractivity contribution in [2.45, 2.75) is 51.7 Å². The first-order valence-electron chi connectivity index (χ1n) is 16.7. The minimum atomic E-state index is 0.0371. The van der Waals surface area contributed by atoms with E-state index in [2.05, 4.69) is 56.8 Å². The summed E-state index contributed by atoms with van der Waals surface area (Å²) in [4.78, 5) is 19.5. The zero-order valence-electron chi connectivity index (χ0n) is 26.5. The van der Waals surface area contributed by atoms with Crippen LogP contribution in [-0.4, -0.2) is 72.6 Å². The van der Waals surface area contributed by atoms with E-state index in [1.54, 1.807) is 0 Å². The summed E-state index contributed by atoms with van der Waals surface area (Å²) in [5, 5.41) is 0. The van der Waals surface area contributed by atoms with Crippen molar-refractivity contribution in [3.63, 3.8) is 0 Å². The van der Waals surface area contributed by atoms with Gasteiger partial charge in [-0.3, -0.25) is 9.69 Å². The maximum atomic E-state index is 15.0. The van der Waals surface area contributed by atoms with Gasteiger partial charge in [0.25, 0.3) is 5.91 Å². The van der Waals surface area contributed by atoms with Crippen molar-refractivity contribution in [3.8, 4) is 39.6 Å². The first-order chi connectivity index (χ1) is 22.7. The fourth-order valence-electron chi connectivity index (χ4n) is 7.60. The topological polar surface area (TPSA) is 65.4 Å². The average molecular weight is 620 g/mol. The molecule has 5 heterocycles. The number of fused-ring (bicyclic) bond motifs is 3. The average Bonchev–Trinajstić information content (AvgIpc) is 3.73. The molecule has 1 aromatic heterocycles. The van der Waals surface area contributed by atoms with Gasteiger partial charge in [0.1, 0.15) is 5.75 Å². The molecule has 0 N–H and O–H groups in total. The van der Waals surface area contributed by atoms with Gasteiger partial charge in [0.15, 0.2) is 11.5 Å². The third-order valence-corrected chi connectivity index (χ3v) is 9.94. The highest BCUT2D eigenvalue weighted by molar-refractivity contribution is 6.02. The van der Waals surface area contributed by atoms with E-state index in [0.29, 0.717) is 30.2 Å². The predicted octanol–water partition coefficient (Wildman–Crippen LogP) is 6.19. The number of aromatic nitrogens is 1. The Morgan fingerprint density at radius 1 is 0.891 bits per heavy atom. The summed E-state index contributed by atoms with van der Waals surface area (Å²) < 4.78 is 25.5. The van der Waals surface area contributed by atoms with Crippen LogP contribution in [0.2, 0.25) is 0 Å². The fraction of sp³-hybridized carbons (Fsp3) is 0.395. The lowest BCUT2D eigenvalue weighted by molar-refractivity contribution is 0.0193. The lowest BCUT2D eigenvalue weighted by Gasteiger charge is -2.40. The van der Waals surface area contributed by atoms with Crippen LogP contribution in [0.1, 0.15) is 46.9 Å². The quantitative estimate of drug-likeness (QED) is 0.246. The molecule has 8 heteroatoms. The first kappa shape index (κ1) is 29.2. The van der Waals surface area contributed by atoms with Crippen LogP contribution >= 0.6 is 0 Å². The molecule has 0 radical (unpaired) electrons. The molecular weight excluding hydrogens is 578 g/mol. The van der Waals surface area contributed by atoms with Gasteiger partial charge in [0.05, 0.1) is 25.4 Å². The molecule has 8 rings (SSSR count). The monoisotopic (exact) mass is 619 g/mol. The zero-order chi connectivity index (χ0) is 31.0. The smallest absolute Gasteiger partial charge is 0.255 e. The Labute approximate surface area is 270 Å². The second-order valence-corrected chi connectivity index (χ2v) is 12.7. The number of hydrogen-bond acceptors (Lipinski definition) is 6. The van der Waals surface area contributed by atoms with Crippen molar-refractivity contribution >= 4 is 5.91 Å². The Morgan fingerprint density at radius 2 is 1.67 bits per heavy atom. The van der Waals surface area contributed by atoms with Crippen LogP contribution in [0.25, 0.3) is 22.4 Å². The minimum absolute atomic E-state index is 0.0371. The largest absolute Gasteiger partial charge is 0.494 e. The zero-order valence-corrected chi connectivity index (χ0v) is 26.5. The number of morpholine rings is 1. The summed E-state index contributed by atoms with van der Waals surface area (Å²) in [6.07, 6.45) is 4.09. The highest BCUT2D eigenvalue weighted by Crippen LogP contribution is 2.43. The Balaban J connectivity index is 1.22. The summed E-state index contributed by atoms with van der Waals surface area (Å²) in [6.45, 7) is 8.38. The van der Waals surface area contributed by atoms with Gasteiger partial charge in [-0.1, -0.05) is 36.4 Å². The van der Waals surface area contributed by atoms with Gasteiger partial charge < -0.3 is 28.4 Å². The number of nitrogens with zero attached hydrogens (tertiary/aromatic N) is 3. The Hall–Kier alpha value is -4.27. The van der Waals surface area contributed by atoms with E-state index in [0.717, 1.165) is 87.6 Å². The Morgan fingerprint density at radius 3 is 2.48 bits per heavy atom. The van der Waals surface area contributed by atoms with E-state index >= 15 is 0 Å². The van der Waals surface area contributed by atoms with Gasteiger partial charge in [0, 0.05) is 61.3 Å². The van der Waals surface area contributed by atoms with Gasteiger partial charge in [-0.2, -0.15) is 0 Å². The van der Waals surface area contributed by atoms with Crippen molar-refractivity contribution in [1.82, 2.24) is 14.4 Å². The number of rotatable bonds is 7. The Kier molecular flexibility index (Phi) is 7.92. The molecular formula is C38H41N3O5. The molecule has 0 bridgehead atoms. The summed E-state index contributed by atoms with van der Waals surface area (Å²) in [5.74, 6) is 2.23. The van der Waals surface area contributed by atoms with Crippen LogP contribution in [0.15, 0.2) is 66.7 Å². The van der Waals surface area contributed by atoms with E-state index in [1.807, 2.05) is 31.2 Å². The molecule has 0 unspecified atom stereocenters. The van der Waals surface area contributed by atoms with E-state index in [9.17, 15) is 4.79 Å². The highest BCUT2D eigenvalue weighted by atomic mass is 16.7. The molecule has 0 spiro atoms. The number of hydrogen-bond donors (Lipinski definition) is 0. The molecule has 0 aliphatic carbocycles. The maximum Gasteiger partial charge on any atom is 0.255 e. The van der Waals surface area contributed by atoms with Crippen LogP contribution in [0.4, 0.5) is 0 Å². The number of ether oxygens (including phenoxy) is 4. The molecule has 0 saturated carbocycles. The molecule has 4 aromatic rings. The molecule has 238 valence electrons. The third-order valence-electron chi connectivity index (χ3n) is 9.94. The molecule has 1 saturated heterocycles. The van der Waals surface area contributed by atoms with Crippen LogP contribution < -0.4 is 14.2 Å². The molecule has 1 atom stereocenters. The standard InChI is InChI=1S/C38H41N3O5/c1-2-44-30-12-10-26(11-13-30)31-20-35(40-14-6-5-9-34(31)40)32-21-36-37(46-25-45-36)22-33(32)38(42)41-23-28-8-4-3-7-27(28)19-29(41)24-39-15-17-43-18-16-39/h3-4,7-8,10-13,20-22,29H,2,5-6,9,14-19,23-25H2,1H3/t29-/m0/s1. The van der Waals surface area contributed by atoms with E-state index in [4.69, 9.17) is 18.9 Å². The van der Waals surface area contributed by atoms with Crippen molar-refractivity contribution in [3.05, 3.63) is 89.1 Å². The summed E-state index contributed by atoms with van der Waals surface area (Å²) >= 11 is 0. The van der Waals surface area contributed by atoms with Crippen LogP contribution in [0.5, 0.6) is 17.2 Å². The summed E-state index contributed by atoms with van der Waals surface area (Å²) in [7, 11) is 0. The highest BCUT2D eigenvalue weighted by Gasteiger charge is 2.35. The van der Waals surface area contributed by atoms with Crippen LogP contribution in [-0.2, 0) is 30.7 Å². The Bertz CT molecular complexity index is 1740. The maximum absolute atomic E-state index is 15.0. The third kappa shape index (κ3) is 5.43. The minimum Gasteiger partial charge on any atom is -0.494 e. The van der Waals surface area contributed by atoms with Gasteiger partial charge in [-0.25, -0.2) is 0 Å². The molecule has 1 fully saturated rings. The van der Waals surface area contributed by atoms with E-state index in [-0.39, 0.29) is 18.7 Å².